The van der Waals surface area contributed by atoms with E-state index in [1.807, 2.05) is 36.4 Å². The van der Waals surface area contributed by atoms with Gasteiger partial charge in [0.1, 0.15) is 21.5 Å². The van der Waals surface area contributed by atoms with Gasteiger partial charge in [0.25, 0.3) is 0 Å². The first-order chi connectivity index (χ1) is 30.6. The third-order valence-electron chi connectivity index (χ3n) is 11.7. The molecule has 7 aromatic carbocycles. The molecule has 0 N–H and O–H groups in total. The Morgan fingerprint density at radius 3 is 1.18 bits per heavy atom. The predicted molar refractivity (Wildman–Crippen MR) is 255 cm³/mol. The summed E-state index contributed by atoms with van der Waals surface area (Å²) in [5.41, 5.74) is 12.9. The highest BCUT2D eigenvalue weighted by atomic mass is 32.1. The minimum Gasteiger partial charge on any atom is -0.497 e. The zero-order chi connectivity index (χ0) is 41.6. The monoisotopic (exact) mass is 844 g/mol. The second-order valence-electron chi connectivity index (χ2n) is 15.4. The van der Waals surface area contributed by atoms with Crippen molar-refractivity contribution >= 4 is 65.9 Å². The topological polar surface area (TPSA) is 75.4 Å². The number of anilines is 2. The first-order valence-corrected chi connectivity index (χ1v) is 22.2. The van der Waals surface area contributed by atoms with Crippen LogP contribution in [0.5, 0.6) is 11.5 Å². The van der Waals surface area contributed by atoms with Crippen molar-refractivity contribution in [2.24, 2.45) is 10.2 Å². The van der Waals surface area contributed by atoms with E-state index in [0.717, 1.165) is 90.4 Å². The summed E-state index contributed by atoms with van der Waals surface area (Å²) >= 11 is 3.43. The number of benzene rings is 7. The summed E-state index contributed by atoms with van der Waals surface area (Å²) in [5.74, 6) is 1.67. The molecular formula is C52H40N6O2S2. The fourth-order valence-corrected chi connectivity index (χ4v) is 10.3. The highest BCUT2D eigenvalue weighted by Crippen LogP contribution is 2.41. The molecule has 0 bridgehead atoms. The second-order valence-corrected chi connectivity index (χ2v) is 17.5. The predicted octanol–water partition coefficient (Wildman–Crippen LogP) is 13.0. The third kappa shape index (κ3) is 7.17. The summed E-state index contributed by atoms with van der Waals surface area (Å²) in [6, 6.07) is 59.3. The number of fused-ring (bicyclic) bond motifs is 2. The van der Waals surface area contributed by atoms with Gasteiger partial charge in [-0.25, -0.2) is 9.97 Å². The van der Waals surface area contributed by atoms with Crippen molar-refractivity contribution in [1.82, 2.24) is 9.97 Å². The van der Waals surface area contributed by atoms with Crippen LogP contribution in [0.4, 0.5) is 11.4 Å². The van der Waals surface area contributed by atoms with Crippen LogP contribution in [0.1, 0.15) is 47.2 Å². The lowest BCUT2D eigenvalue weighted by atomic mass is 9.95. The molecule has 11 rings (SSSR count). The van der Waals surface area contributed by atoms with Crippen LogP contribution >= 0.6 is 22.7 Å². The molecule has 10 heteroatoms. The minimum atomic E-state index is 0.0166. The van der Waals surface area contributed by atoms with Crippen LogP contribution in [0.15, 0.2) is 180 Å². The Bertz CT molecular complexity index is 2830. The largest absolute Gasteiger partial charge is 0.497 e. The first kappa shape index (κ1) is 37.8. The van der Waals surface area contributed by atoms with Crippen molar-refractivity contribution in [1.29, 1.82) is 0 Å². The molecule has 8 nitrogen and oxygen atoms in total. The van der Waals surface area contributed by atoms with Crippen LogP contribution in [0.25, 0.3) is 41.6 Å². The van der Waals surface area contributed by atoms with Crippen molar-refractivity contribution < 1.29 is 9.47 Å². The van der Waals surface area contributed by atoms with Gasteiger partial charge in [-0.3, -0.25) is 10.0 Å². The highest BCUT2D eigenvalue weighted by Gasteiger charge is 2.32. The van der Waals surface area contributed by atoms with Crippen LogP contribution in [0.2, 0.25) is 0 Å². The molecule has 2 atom stereocenters. The van der Waals surface area contributed by atoms with Crippen molar-refractivity contribution in [2.45, 2.75) is 24.9 Å². The van der Waals surface area contributed by atoms with Gasteiger partial charge < -0.3 is 9.47 Å². The number of nitrogens with zero attached hydrogens (tertiary/aromatic N) is 6. The number of para-hydroxylation sites is 2. The normalized spacial score (nSPS) is 16.2. The number of hydrogen-bond acceptors (Lipinski definition) is 10. The van der Waals surface area contributed by atoms with E-state index in [9.17, 15) is 0 Å². The molecular weight excluding hydrogens is 805 g/mol. The smallest absolute Gasteiger partial charge is 0.124 e. The molecule has 4 heterocycles. The van der Waals surface area contributed by atoms with Gasteiger partial charge in [-0.15, -0.1) is 22.7 Å². The van der Waals surface area contributed by atoms with E-state index >= 15 is 0 Å². The van der Waals surface area contributed by atoms with Crippen LogP contribution in [-0.4, -0.2) is 35.6 Å². The lowest BCUT2D eigenvalue weighted by Crippen LogP contribution is -2.18. The van der Waals surface area contributed by atoms with E-state index in [1.165, 1.54) is 20.5 Å². The average molecular weight is 845 g/mol. The number of rotatable bonds is 10. The van der Waals surface area contributed by atoms with Crippen LogP contribution in [-0.2, 0) is 0 Å². The van der Waals surface area contributed by atoms with Gasteiger partial charge in [-0.1, -0.05) is 72.8 Å². The SMILES string of the molecule is COc1ccc(C2CC(c3ccc(C4=NN(c5ccc(-c6nc7ccccc7s6)cc5)C(c5ccc(OC)cc5)C4)cc3)=NN2c2ccc(-c3nc4ccccc4s3)cc2)cc1. The summed E-state index contributed by atoms with van der Waals surface area (Å²) in [4.78, 5) is 9.78. The van der Waals surface area contributed by atoms with Gasteiger partial charge in [0.15, 0.2) is 0 Å². The quantitative estimate of drug-likeness (QED) is 0.136. The van der Waals surface area contributed by atoms with Crippen LogP contribution in [0.3, 0.4) is 0 Å². The Balaban J connectivity index is 0.885. The zero-order valence-electron chi connectivity index (χ0n) is 34.1. The molecule has 2 unspecified atom stereocenters. The Labute approximate surface area is 367 Å². The molecule has 0 aliphatic carbocycles. The van der Waals surface area contributed by atoms with Crippen molar-refractivity contribution in [2.75, 3.05) is 24.2 Å². The maximum Gasteiger partial charge on any atom is 0.124 e. The molecule has 62 heavy (non-hydrogen) atoms. The summed E-state index contributed by atoms with van der Waals surface area (Å²) in [5, 5.41) is 17.0. The fourth-order valence-electron chi connectivity index (χ4n) is 8.38. The maximum absolute atomic E-state index is 5.50. The molecule has 302 valence electrons. The Kier molecular flexibility index (Phi) is 9.79. The fraction of sp³-hybridized carbons (Fsp3) is 0.115. The van der Waals surface area contributed by atoms with Crippen molar-refractivity contribution in [3.05, 3.63) is 192 Å². The van der Waals surface area contributed by atoms with E-state index in [1.54, 1.807) is 36.9 Å². The molecule has 0 amide bonds. The lowest BCUT2D eigenvalue weighted by Gasteiger charge is -2.24. The van der Waals surface area contributed by atoms with Crippen molar-refractivity contribution in [3.8, 4) is 32.6 Å². The molecule has 0 saturated heterocycles. The molecule has 2 aromatic heterocycles. The van der Waals surface area contributed by atoms with Gasteiger partial charge in [0.2, 0.25) is 0 Å². The lowest BCUT2D eigenvalue weighted by molar-refractivity contribution is 0.414. The Morgan fingerprint density at radius 1 is 0.435 bits per heavy atom. The summed E-state index contributed by atoms with van der Waals surface area (Å²) in [6.07, 6.45) is 1.51. The third-order valence-corrected chi connectivity index (χ3v) is 13.9. The number of methoxy groups -OCH3 is 2. The van der Waals surface area contributed by atoms with E-state index in [0.29, 0.717) is 0 Å². The van der Waals surface area contributed by atoms with Crippen molar-refractivity contribution in [3.63, 3.8) is 0 Å². The summed E-state index contributed by atoms with van der Waals surface area (Å²) in [6.45, 7) is 0. The number of aromatic nitrogens is 2. The molecule has 2 aliphatic rings. The van der Waals surface area contributed by atoms with Crippen LogP contribution < -0.4 is 19.5 Å². The molecule has 0 fully saturated rings. The number of ether oxygens (including phenoxy) is 2. The summed E-state index contributed by atoms with van der Waals surface area (Å²) < 4.78 is 13.4. The standard InChI is InChI=1S/C52H40N6O2S2/c1-59-41-27-19-35(20-28-41)47-31-45(55-57(47)39-23-15-37(16-24-39)51-53-43-7-3-5-9-49(43)61-51)33-11-13-34(14-12-33)46-32-48(36-21-29-42(60-2)30-22-36)58(56-46)40-25-17-38(18-26-40)52-54-44-8-4-6-10-50(44)62-52/h3-30,47-48H,31-32H2,1-2H3. The number of hydrogen-bond donors (Lipinski definition) is 0. The minimum absolute atomic E-state index is 0.0166. The van der Waals surface area contributed by atoms with Gasteiger partial charge in [-0.05, 0) is 119 Å². The average Bonchev–Trinajstić information content (AvgIpc) is 4.17. The zero-order valence-corrected chi connectivity index (χ0v) is 35.7. The second kappa shape index (κ2) is 16.0. The van der Waals surface area contributed by atoms with E-state index < -0.39 is 0 Å². The van der Waals surface area contributed by atoms with Gasteiger partial charge >= 0.3 is 0 Å². The first-order valence-electron chi connectivity index (χ1n) is 20.6. The molecule has 0 saturated carbocycles. The molecule has 0 spiro atoms. The van der Waals surface area contributed by atoms with E-state index in [2.05, 4.69) is 143 Å². The highest BCUT2D eigenvalue weighted by molar-refractivity contribution is 7.22. The van der Waals surface area contributed by atoms with Gasteiger partial charge in [0, 0.05) is 24.0 Å². The maximum atomic E-state index is 5.50. The molecule has 0 radical (unpaired) electrons. The number of hydrazone groups is 2. The summed E-state index contributed by atoms with van der Waals surface area (Å²) in [7, 11) is 3.40. The van der Waals surface area contributed by atoms with Crippen LogP contribution in [0, 0.1) is 0 Å². The molecule has 2 aliphatic heterocycles. The Hall–Kier alpha value is -7.14. The molecule has 9 aromatic rings. The van der Waals surface area contributed by atoms with Gasteiger partial charge in [0.05, 0.1) is 69.5 Å². The van der Waals surface area contributed by atoms with E-state index in [4.69, 9.17) is 29.6 Å². The van der Waals surface area contributed by atoms with E-state index in [-0.39, 0.29) is 12.1 Å². The van der Waals surface area contributed by atoms with Gasteiger partial charge in [-0.2, -0.15) is 10.2 Å². The number of thiazole rings is 2. The Morgan fingerprint density at radius 2 is 0.806 bits per heavy atom.